The fourth-order valence-electron chi connectivity index (χ4n) is 1.17. The molecule has 4 heteroatoms. The Morgan fingerprint density at radius 1 is 1.64 bits per heavy atom. The van der Waals surface area contributed by atoms with E-state index in [1.165, 1.54) is 0 Å². The van der Waals surface area contributed by atoms with Gasteiger partial charge in [-0.05, 0) is 0 Å². The average Bonchev–Trinajstić information content (AvgIpc) is 2.34. The molecular formula is C7H8ClN3. The van der Waals surface area contributed by atoms with Crippen LogP contribution in [-0.4, -0.2) is 21.5 Å². The van der Waals surface area contributed by atoms with E-state index < -0.39 is 0 Å². The summed E-state index contributed by atoms with van der Waals surface area (Å²) in [5.41, 5.74) is 0. The first-order chi connectivity index (χ1) is 5.27. The van der Waals surface area contributed by atoms with Crippen molar-refractivity contribution in [1.29, 1.82) is 0 Å². The third-order valence-corrected chi connectivity index (χ3v) is 1.90. The van der Waals surface area contributed by atoms with Gasteiger partial charge in [-0.15, -0.1) is 0 Å². The molecule has 0 amide bonds. The first-order valence-corrected chi connectivity index (χ1v) is 3.74. The maximum atomic E-state index is 5.92. The fourth-order valence-corrected chi connectivity index (χ4v) is 1.50. The summed E-state index contributed by atoms with van der Waals surface area (Å²) in [5, 5.41) is 0.698. The number of fused-ring (bicyclic) bond motifs is 1. The van der Waals surface area contributed by atoms with Crippen molar-refractivity contribution in [3.63, 3.8) is 0 Å². The molecule has 1 aromatic rings. The van der Waals surface area contributed by atoms with Crippen molar-refractivity contribution in [2.24, 2.45) is 0 Å². The highest BCUT2D eigenvalue weighted by Gasteiger charge is 2.12. The van der Waals surface area contributed by atoms with Crippen LogP contribution < -0.4 is 0 Å². The monoisotopic (exact) mass is 169 g/mol. The van der Waals surface area contributed by atoms with Gasteiger partial charge in [-0.2, -0.15) is 0 Å². The summed E-state index contributed by atoms with van der Waals surface area (Å²) >= 11 is 5.92. The van der Waals surface area contributed by atoms with Crippen molar-refractivity contribution in [1.82, 2.24) is 14.5 Å². The van der Waals surface area contributed by atoms with Gasteiger partial charge in [0.25, 0.3) is 0 Å². The van der Waals surface area contributed by atoms with Gasteiger partial charge in [0.1, 0.15) is 0 Å². The van der Waals surface area contributed by atoms with Gasteiger partial charge in [0.2, 0.25) is 0 Å². The molecule has 1 aliphatic heterocycles. The molecule has 0 aliphatic carbocycles. The Balaban J connectivity index is 2.50. The van der Waals surface area contributed by atoms with Gasteiger partial charge in [-0.3, -0.25) is 0 Å². The molecule has 1 aliphatic rings. The second-order valence-electron chi connectivity index (χ2n) is 2.60. The van der Waals surface area contributed by atoms with Gasteiger partial charge in [0, 0.05) is 25.6 Å². The van der Waals surface area contributed by atoms with Crippen molar-refractivity contribution in [3.05, 3.63) is 24.4 Å². The van der Waals surface area contributed by atoms with E-state index in [9.17, 15) is 0 Å². The highest BCUT2D eigenvalue weighted by molar-refractivity contribution is 6.48. The maximum Gasteiger partial charge on any atom is 0.154 e. The van der Waals surface area contributed by atoms with Gasteiger partial charge in [-0.1, -0.05) is 11.6 Å². The highest BCUT2D eigenvalue weighted by Crippen LogP contribution is 2.21. The molecular weight excluding hydrogens is 162 g/mol. The van der Waals surface area contributed by atoms with Gasteiger partial charge >= 0.3 is 0 Å². The summed E-state index contributed by atoms with van der Waals surface area (Å²) in [4.78, 5) is 6.12. The maximum absolute atomic E-state index is 5.92. The zero-order valence-corrected chi connectivity index (χ0v) is 6.91. The molecule has 0 bridgehead atoms. The van der Waals surface area contributed by atoms with Crippen LogP contribution in [0.2, 0.25) is 0 Å². The average molecular weight is 170 g/mol. The molecule has 2 rings (SSSR count). The van der Waals surface area contributed by atoms with Crippen molar-refractivity contribution in [2.75, 3.05) is 7.05 Å². The number of hydrogen-bond acceptors (Lipinski definition) is 2. The molecule has 0 saturated carbocycles. The first kappa shape index (κ1) is 6.73. The number of rotatable bonds is 0. The van der Waals surface area contributed by atoms with Crippen molar-refractivity contribution < 1.29 is 0 Å². The van der Waals surface area contributed by atoms with E-state index in [-0.39, 0.29) is 0 Å². The molecule has 0 aromatic carbocycles. The molecule has 11 heavy (non-hydrogen) atoms. The third kappa shape index (κ3) is 1.01. The minimum absolute atomic E-state index is 0.698. The number of aromatic nitrogens is 2. The van der Waals surface area contributed by atoms with E-state index in [2.05, 4.69) is 4.98 Å². The van der Waals surface area contributed by atoms with E-state index in [1.54, 1.807) is 6.20 Å². The topological polar surface area (TPSA) is 21.1 Å². The molecule has 3 nitrogen and oxygen atoms in total. The Kier molecular flexibility index (Phi) is 1.39. The molecule has 1 aromatic heterocycles. The molecule has 2 heterocycles. The van der Waals surface area contributed by atoms with Crippen molar-refractivity contribution >= 4 is 16.6 Å². The Hall–Kier alpha value is -0.960. The van der Waals surface area contributed by atoms with Crippen molar-refractivity contribution in [3.8, 4) is 0 Å². The predicted octanol–water partition coefficient (Wildman–Crippen LogP) is 1.32. The fraction of sp³-hybridized carbons (Fsp3) is 0.286. The summed E-state index contributed by atoms with van der Waals surface area (Å²) in [6, 6.07) is 0. The summed E-state index contributed by atoms with van der Waals surface area (Å²) in [5.74, 6) is 0.852. The standard InChI is InChI=1S/C7H8ClN3/c1-10-4-6(8)7-9-2-3-11(7)5-10/h2-4H,5H2,1H3. The lowest BCUT2D eigenvalue weighted by Gasteiger charge is -2.21. The smallest absolute Gasteiger partial charge is 0.154 e. The summed E-state index contributed by atoms with van der Waals surface area (Å²) in [7, 11) is 1.98. The zero-order chi connectivity index (χ0) is 7.84. The molecule has 0 unspecified atom stereocenters. The van der Waals surface area contributed by atoms with Crippen LogP contribution in [0, 0.1) is 0 Å². The lowest BCUT2D eigenvalue weighted by Crippen LogP contribution is -2.21. The van der Waals surface area contributed by atoms with Crippen LogP contribution in [0.4, 0.5) is 0 Å². The number of halogens is 1. The second kappa shape index (κ2) is 2.27. The van der Waals surface area contributed by atoms with Crippen LogP contribution in [0.3, 0.4) is 0 Å². The summed E-state index contributed by atoms with van der Waals surface area (Å²) < 4.78 is 2.00. The van der Waals surface area contributed by atoms with Crippen LogP contribution in [0.1, 0.15) is 5.82 Å². The third-order valence-electron chi connectivity index (χ3n) is 1.64. The number of hydrogen-bond donors (Lipinski definition) is 0. The van der Waals surface area contributed by atoms with Crippen LogP contribution in [0.5, 0.6) is 0 Å². The molecule has 0 atom stereocenters. The molecule has 0 radical (unpaired) electrons. The van der Waals surface area contributed by atoms with E-state index in [4.69, 9.17) is 11.6 Å². The highest BCUT2D eigenvalue weighted by atomic mass is 35.5. The van der Waals surface area contributed by atoms with Gasteiger partial charge in [-0.25, -0.2) is 4.98 Å². The molecule has 0 fully saturated rings. The summed E-state index contributed by atoms with van der Waals surface area (Å²) in [6.45, 7) is 0.825. The minimum atomic E-state index is 0.698. The lowest BCUT2D eigenvalue weighted by atomic mass is 10.5. The minimum Gasteiger partial charge on any atom is -0.361 e. The predicted molar refractivity (Wildman–Crippen MR) is 43.8 cm³/mol. The Morgan fingerprint density at radius 2 is 2.45 bits per heavy atom. The Morgan fingerprint density at radius 3 is 3.27 bits per heavy atom. The first-order valence-electron chi connectivity index (χ1n) is 3.36. The quantitative estimate of drug-likeness (QED) is 0.584. The van der Waals surface area contributed by atoms with Crippen LogP contribution in [0.25, 0.3) is 5.03 Å². The number of nitrogens with zero attached hydrogens (tertiary/aromatic N) is 3. The normalized spacial score (nSPS) is 16.2. The van der Waals surface area contributed by atoms with Gasteiger partial charge in [0.15, 0.2) is 5.82 Å². The van der Waals surface area contributed by atoms with Crippen LogP contribution in [-0.2, 0) is 6.67 Å². The lowest BCUT2D eigenvalue weighted by molar-refractivity contribution is 0.354. The van der Waals surface area contributed by atoms with Crippen LogP contribution in [0.15, 0.2) is 18.6 Å². The Bertz CT molecular complexity index is 302. The van der Waals surface area contributed by atoms with E-state index in [0.29, 0.717) is 5.03 Å². The van der Waals surface area contributed by atoms with Gasteiger partial charge in [0.05, 0.1) is 11.7 Å². The van der Waals surface area contributed by atoms with Crippen molar-refractivity contribution in [2.45, 2.75) is 6.67 Å². The van der Waals surface area contributed by atoms with Crippen LogP contribution >= 0.6 is 11.6 Å². The second-order valence-corrected chi connectivity index (χ2v) is 3.00. The van der Waals surface area contributed by atoms with E-state index in [1.807, 2.05) is 28.9 Å². The van der Waals surface area contributed by atoms with Gasteiger partial charge < -0.3 is 9.47 Å². The molecule has 58 valence electrons. The van der Waals surface area contributed by atoms with E-state index >= 15 is 0 Å². The number of imidazole rings is 1. The molecule has 0 spiro atoms. The van der Waals surface area contributed by atoms with E-state index in [0.717, 1.165) is 12.5 Å². The largest absolute Gasteiger partial charge is 0.361 e. The molecule has 0 saturated heterocycles. The summed E-state index contributed by atoms with van der Waals surface area (Å²) in [6.07, 6.45) is 5.55. The molecule has 0 N–H and O–H groups in total. The zero-order valence-electron chi connectivity index (χ0n) is 6.16. The Labute approximate surface area is 69.9 Å². The SMILES string of the molecule is CN1C=C(Cl)c2nccn2C1.